The normalized spacial score (nSPS) is 10.4. The number of para-hydroxylation sites is 1. The summed E-state index contributed by atoms with van der Waals surface area (Å²) in [5.74, 6) is -0.437. The highest BCUT2D eigenvalue weighted by molar-refractivity contribution is 6.03. The number of fused-ring (bicyclic) bond motifs is 1. The lowest BCUT2D eigenvalue weighted by atomic mass is 10.0. The second kappa shape index (κ2) is 9.71. The standard InChI is InChI=1S/C20H21N3O3.C2H4O2/c1-12-9-14(26-13-7-5-4-6-8-13)10-15-16(11-23(2)3)22-18(20(21)25)19(24)17(12)15;1-2(3)4/h4-10,24H,11H2,1-3H3,(H2,21,25);1H3,(H,3,4). The Labute approximate surface area is 174 Å². The summed E-state index contributed by atoms with van der Waals surface area (Å²) in [4.78, 5) is 26.9. The van der Waals surface area contributed by atoms with E-state index in [4.69, 9.17) is 20.4 Å². The van der Waals surface area contributed by atoms with Crippen molar-refractivity contribution >= 4 is 22.6 Å². The molecule has 3 aromatic rings. The molecule has 1 heterocycles. The van der Waals surface area contributed by atoms with Crippen LogP contribution in [-0.4, -0.2) is 46.1 Å². The van der Waals surface area contributed by atoms with Crippen LogP contribution in [0.2, 0.25) is 0 Å². The van der Waals surface area contributed by atoms with Crippen LogP contribution >= 0.6 is 0 Å². The number of carboxylic acids is 1. The van der Waals surface area contributed by atoms with Gasteiger partial charge in [0.1, 0.15) is 11.5 Å². The number of ether oxygens (including phenoxy) is 1. The molecule has 0 saturated heterocycles. The van der Waals surface area contributed by atoms with Crippen molar-refractivity contribution in [3.63, 3.8) is 0 Å². The Morgan fingerprint density at radius 1 is 1.13 bits per heavy atom. The molecule has 0 radical (unpaired) electrons. The number of pyridine rings is 1. The minimum absolute atomic E-state index is 0.117. The minimum atomic E-state index is -0.833. The zero-order chi connectivity index (χ0) is 22.4. The summed E-state index contributed by atoms with van der Waals surface area (Å²) in [6.07, 6.45) is 0. The van der Waals surface area contributed by atoms with Gasteiger partial charge in [0.25, 0.3) is 11.9 Å². The highest BCUT2D eigenvalue weighted by atomic mass is 16.5. The van der Waals surface area contributed by atoms with E-state index < -0.39 is 11.9 Å². The van der Waals surface area contributed by atoms with Crippen LogP contribution in [0.15, 0.2) is 42.5 Å². The number of nitrogens with zero attached hydrogens (tertiary/aromatic N) is 2. The maximum absolute atomic E-state index is 11.7. The van der Waals surface area contributed by atoms with Gasteiger partial charge in [0, 0.05) is 24.2 Å². The molecule has 0 atom stereocenters. The van der Waals surface area contributed by atoms with Crippen LogP contribution in [0.1, 0.15) is 28.7 Å². The fourth-order valence-corrected chi connectivity index (χ4v) is 2.94. The van der Waals surface area contributed by atoms with Crippen LogP contribution in [0.25, 0.3) is 10.8 Å². The van der Waals surface area contributed by atoms with Crippen LogP contribution in [0.3, 0.4) is 0 Å². The van der Waals surface area contributed by atoms with Crippen LogP contribution in [0, 0.1) is 6.92 Å². The summed E-state index contributed by atoms with van der Waals surface area (Å²) < 4.78 is 5.93. The number of carbonyl (C=O) groups is 2. The van der Waals surface area contributed by atoms with Crippen LogP contribution in [-0.2, 0) is 11.3 Å². The van der Waals surface area contributed by atoms with Gasteiger partial charge in [-0.3, -0.25) is 9.59 Å². The number of carbonyl (C=O) groups excluding carboxylic acids is 1. The quantitative estimate of drug-likeness (QED) is 0.588. The Bertz CT molecular complexity index is 1060. The van der Waals surface area contributed by atoms with Gasteiger partial charge in [0.2, 0.25) is 0 Å². The smallest absolute Gasteiger partial charge is 0.300 e. The molecule has 0 aliphatic heterocycles. The molecule has 30 heavy (non-hydrogen) atoms. The van der Waals surface area contributed by atoms with Crippen molar-refractivity contribution in [3.05, 3.63) is 59.4 Å². The van der Waals surface area contributed by atoms with Gasteiger partial charge < -0.3 is 25.6 Å². The third-order valence-corrected chi connectivity index (χ3v) is 4.01. The van der Waals surface area contributed by atoms with Gasteiger partial charge >= 0.3 is 0 Å². The Morgan fingerprint density at radius 3 is 2.27 bits per heavy atom. The Balaban J connectivity index is 0.000000735. The van der Waals surface area contributed by atoms with Gasteiger partial charge in [0.15, 0.2) is 11.4 Å². The monoisotopic (exact) mass is 411 g/mol. The molecule has 0 unspecified atom stereocenters. The fourth-order valence-electron chi connectivity index (χ4n) is 2.94. The molecule has 1 amide bonds. The number of hydrogen-bond donors (Lipinski definition) is 3. The first kappa shape index (κ1) is 22.6. The van der Waals surface area contributed by atoms with Crippen molar-refractivity contribution in [3.8, 4) is 17.2 Å². The summed E-state index contributed by atoms with van der Waals surface area (Å²) in [7, 11) is 3.81. The summed E-state index contributed by atoms with van der Waals surface area (Å²) in [5, 5.41) is 19.2. The van der Waals surface area contributed by atoms with Crippen LogP contribution in [0.4, 0.5) is 0 Å². The summed E-state index contributed by atoms with van der Waals surface area (Å²) in [6, 6.07) is 13.1. The lowest BCUT2D eigenvalue weighted by molar-refractivity contribution is -0.134. The van der Waals surface area contributed by atoms with Crippen molar-refractivity contribution < 1.29 is 24.5 Å². The van der Waals surface area contributed by atoms with Gasteiger partial charge in [-0.1, -0.05) is 18.2 Å². The zero-order valence-electron chi connectivity index (χ0n) is 17.3. The molecule has 0 fully saturated rings. The molecule has 0 saturated carbocycles. The topological polar surface area (TPSA) is 126 Å². The molecule has 2 aromatic carbocycles. The first-order chi connectivity index (χ1) is 14.1. The van der Waals surface area contributed by atoms with Gasteiger partial charge in [-0.2, -0.15) is 0 Å². The summed E-state index contributed by atoms with van der Waals surface area (Å²) in [5.41, 5.74) is 6.70. The largest absolute Gasteiger partial charge is 0.505 e. The maximum Gasteiger partial charge on any atom is 0.300 e. The van der Waals surface area contributed by atoms with Gasteiger partial charge in [0.05, 0.1) is 5.69 Å². The third kappa shape index (κ3) is 5.68. The number of aliphatic carboxylic acids is 1. The fraction of sp³-hybridized carbons (Fsp3) is 0.227. The molecule has 1 aromatic heterocycles. The molecule has 0 spiro atoms. The van der Waals surface area contributed by atoms with E-state index in [1.165, 1.54) is 0 Å². The molecule has 8 heteroatoms. The lowest BCUT2D eigenvalue weighted by Crippen LogP contribution is -2.18. The average molecular weight is 411 g/mol. The van der Waals surface area contributed by atoms with E-state index in [0.29, 0.717) is 29.1 Å². The van der Waals surface area contributed by atoms with E-state index >= 15 is 0 Å². The van der Waals surface area contributed by atoms with E-state index in [9.17, 15) is 9.90 Å². The van der Waals surface area contributed by atoms with E-state index in [2.05, 4.69) is 4.98 Å². The predicted molar refractivity (Wildman–Crippen MR) is 114 cm³/mol. The first-order valence-electron chi connectivity index (χ1n) is 9.13. The number of nitrogens with two attached hydrogens (primary N) is 1. The van der Waals surface area contributed by atoms with Crippen molar-refractivity contribution in [2.75, 3.05) is 14.1 Å². The minimum Gasteiger partial charge on any atom is -0.505 e. The maximum atomic E-state index is 11.7. The highest BCUT2D eigenvalue weighted by Gasteiger charge is 2.20. The molecule has 158 valence electrons. The second-order valence-corrected chi connectivity index (χ2v) is 6.95. The van der Waals surface area contributed by atoms with Crippen molar-refractivity contribution in [1.82, 2.24) is 9.88 Å². The lowest BCUT2D eigenvalue weighted by Gasteiger charge is -2.17. The van der Waals surface area contributed by atoms with Gasteiger partial charge in [-0.05, 0) is 50.8 Å². The zero-order valence-corrected chi connectivity index (χ0v) is 17.3. The Hall–Kier alpha value is -3.65. The summed E-state index contributed by atoms with van der Waals surface area (Å²) >= 11 is 0. The molecular formula is C22H25N3O5. The predicted octanol–water partition coefficient (Wildman–Crippen LogP) is 3.29. The number of aryl methyl sites for hydroxylation is 1. The van der Waals surface area contributed by atoms with Crippen molar-refractivity contribution in [2.24, 2.45) is 5.73 Å². The SMILES string of the molecule is CC(=O)O.Cc1cc(Oc2ccccc2)cc2c(CN(C)C)nc(C(N)=O)c(O)c12. The Morgan fingerprint density at radius 2 is 1.73 bits per heavy atom. The van der Waals surface area contributed by atoms with E-state index in [1.54, 1.807) is 0 Å². The third-order valence-electron chi connectivity index (χ3n) is 4.01. The molecule has 0 aliphatic carbocycles. The van der Waals surface area contributed by atoms with E-state index in [-0.39, 0.29) is 11.4 Å². The molecule has 0 bridgehead atoms. The molecular weight excluding hydrogens is 386 g/mol. The number of carboxylic acid groups (broad SMARTS) is 1. The molecule has 8 nitrogen and oxygen atoms in total. The molecule has 3 rings (SSSR count). The van der Waals surface area contributed by atoms with Gasteiger partial charge in [-0.25, -0.2) is 4.98 Å². The van der Waals surface area contributed by atoms with Crippen molar-refractivity contribution in [2.45, 2.75) is 20.4 Å². The van der Waals surface area contributed by atoms with Crippen molar-refractivity contribution in [1.29, 1.82) is 0 Å². The van der Waals surface area contributed by atoms with E-state index in [1.807, 2.05) is 68.4 Å². The number of benzene rings is 2. The number of hydrogen-bond acceptors (Lipinski definition) is 6. The van der Waals surface area contributed by atoms with Crippen LogP contribution < -0.4 is 10.5 Å². The number of rotatable bonds is 5. The Kier molecular flexibility index (Phi) is 7.32. The average Bonchev–Trinajstić information content (AvgIpc) is 2.63. The summed E-state index contributed by atoms with van der Waals surface area (Å²) in [6.45, 7) is 3.43. The molecule has 0 aliphatic rings. The molecule has 4 N–H and O–H groups in total. The number of aromatic nitrogens is 1. The number of primary amides is 1. The highest BCUT2D eigenvalue weighted by Crippen LogP contribution is 2.36. The first-order valence-corrected chi connectivity index (χ1v) is 9.13. The van der Waals surface area contributed by atoms with Gasteiger partial charge in [-0.15, -0.1) is 0 Å². The second-order valence-electron chi connectivity index (χ2n) is 6.95. The number of aromatic hydroxyl groups is 1. The van der Waals surface area contributed by atoms with Crippen LogP contribution in [0.5, 0.6) is 17.2 Å². The number of amides is 1. The van der Waals surface area contributed by atoms with E-state index in [0.717, 1.165) is 17.9 Å².